The molecule has 0 N–H and O–H groups in total. The summed E-state index contributed by atoms with van der Waals surface area (Å²) in [6, 6.07) is 51.3. The van der Waals surface area contributed by atoms with Crippen molar-refractivity contribution in [2.75, 3.05) is 0 Å². The van der Waals surface area contributed by atoms with Crippen LogP contribution in [0.4, 0.5) is 0 Å². The number of fused-ring (bicyclic) bond motifs is 9. The molecule has 11 rings (SSSR count). The summed E-state index contributed by atoms with van der Waals surface area (Å²) in [6.45, 7) is 4.52. The maximum absolute atomic E-state index is 6.93. The van der Waals surface area contributed by atoms with E-state index in [1.54, 1.807) is 0 Å². The van der Waals surface area contributed by atoms with Gasteiger partial charge in [-0.15, -0.1) is 0 Å². The molecule has 0 unspecified atom stereocenters. The zero-order valence-electron chi connectivity index (χ0n) is 29.5. The zero-order valence-corrected chi connectivity index (χ0v) is 29.5. The summed E-state index contributed by atoms with van der Waals surface area (Å²) in [5, 5.41) is 2.20. The van der Waals surface area contributed by atoms with Gasteiger partial charge in [0.1, 0.15) is 11.2 Å². The summed E-state index contributed by atoms with van der Waals surface area (Å²) in [6.07, 6.45) is 0. The molecule has 7 aromatic carbocycles. The van der Waals surface area contributed by atoms with Crippen molar-refractivity contribution in [3.63, 3.8) is 0 Å². The van der Waals surface area contributed by atoms with Gasteiger partial charge in [-0.1, -0.05) is 141 Å². The predicted octanol–water partition coefficient (Wildman–Crippen LogP) is 12.6. The van der Waals surface area contributed by atoms with Crippen LogP contribution in [0.2, 0.25) is 0 Å². The molecule has 0 amide bonds. The number of furan rings is 1. The van der Waals surface area contributed by atoms with E-state index in [0.717, 1.165) is 60.9 Å². The van der Waals surface area contributed by atoms with Crippen LogP contribution in [-0.4, -0.2) is 15.0 Å². The van der Waals surface area contributed by atoms with Crippen molar-refractivity contribution in [2.45, 2.75) is 19.3 Å². The second-order valence-electron chi connectivity index (χ2n) is 14.4. The first-order valence-corrected chi connectivity index (χ1v) is 18.1. The lowest BCUT2D eigenvalue weighted by atomic mass is 9.82. The van der Waals surface area contributed by atoms with E-state index in [1.165, 1.54) is 11.1 Å². The van der Waals surface area contributed by atoms with Gasteiger partial charge in [0.2, 0.25) is 0 Å². The topological polar surface area (TPSA) is 70.3 Å². The largest absolute Gasteiger partial charge is 0.455 e. The summed E-state index contributed by atoms with van der Waals surface area (Å²) < 4.78 is 19.9. The highest BCUT2D eigenvalue weighted by atomic mass is 16.6. The first-order chi connectivity index (χ1) is 26.5. The molecule has 6 heteroatoms. The van der Waals surface area contributed by atoms with Gasteiger partial charge in [0.05, 0.1) is 5.56 Å². The minimum atomic E-state index is -0.175. The quantitative estimate of drug-likeness (QED) is 0.182. The van der Waals surface area contributed by atoms with Crippen LogP contribution in [-0.2, 0) is 5.41 Å². The number of benzene rings is 7. The normalized spacial score (nSPS) is 13.4. The third-order valence-electron chi connectivity index (χ3n) is 10.8. The summed E-state index contributed by atoms with van der Waals surface area (Å²) in [5.41, 5.74) is 10.8. The molecule has 2 aromatic heterocycles. The van der Waals surface area contributed by atoms with E-state index in [2.05, 4.69) is 92.7 Å². The van der Waals surface area contributed by atoms with E-state index in [1.807, 2.05) is 72.8 Å². The molecule has 0 saturated heterocycles. The molecule has 1 aliphatic heterocycles. The van der Waals surface area contributed by atoms with Gasteiger partial charge in [0, 0.05) is 38.4 Å². The van der Waals surface area contributed by atoms with Crippen LogP contribution in [0.15, 0.2) is 156 Å². The lowest BCUT2D eigenvalue weighted by molar-refractivity contribution is 0.361. The molecule has 256 valence electrons. The van der Waals surface area contributed by atoms with E-state index >= 15 is 0 Å². The van der Waals surface area contributed by atoms with Gasteiger partial charge in [-0.3, -0.25) is 0 Å². The fourth-order valence-electron chi connectivity index (χ4n) is 8.14. The predicted molar refractivity (Wildman–Crippen MR) is 213 cm³/mol. The minimum absolute atomic E-state index is 0.175. The van der Waals surface area contributed by atoms with Gasteiger partial charge in [0.15, 0.2) is 40.5 Å². The Balaban J connectivity index is 1.03. The van der Waals surface area contributed by atoms with E-state index in [4.69, 9.17) is 28.8 Å². The number of hydrogen-bond acceptors (Lipinski definition) is 6. The molecular formula is C48H31N3O3. The Bertz CT molecular complexity index is 2970. The Morgan fingerprint density at radius 2 is 1.06 bits per heavy atom. The molecule has 0 saturated carbocycles. The van der Waals surface area contributed by atoms with Crippen molar-refractivity contribution in [2.24, 2.45) is 0 Å². The molecular weight excluding hydrogens is 667 g/mol. The number of ether oxygens (including phenoxy) is 2. The molecule has 54 heavy (non-hydrogen) atoms. The average molecular weight is 698 g/mol. The van der Waals surface area contributed by atoms with E-state index in [0.29, 0.717) is 40.5 Å². The molecule has 1 aliphatic carbocycles. The van der Waals surface area contributed by atoms with Gasteiger partial charge >= 0.3 is 0 Å². The number of aromatic nitrogens is 3. The van der Waals surface area contributed by atoms with Crippen LogP contribution < -0.4 is 9.47 Å². The fourth-order valence-corrected chi connectivity index (χ4v) is 8.14. The SMILES string of the molecule is CC1(C)c2ccccc2-c2c1ccc1c2Oc2c(cccc2-c2nc(-c3ccccc3)nc(-c3ccc(-c4cccc5c4oc4ccccc45)cc3)n2)O1. The minimum Gasteiger partial charge on any atom is -0.455 e. The number of nitrogens with zero attached hydrogens (tertiary/aromatic N) is 3. The van der Waals surface area contributed by atoms with Gasteiger partial charge in [-0.2, -0.15) is 0 Å². The highest BCUT2D eigenvalue weighted by Crippen LogP contribution is 2.59. The summed E-state index contributed by atoms with van der Waals surface area (Å²) >= 11 is 0. The molecule has 0 fully saturated rings. The maximum atomic E-state index is 6.93. The van der Waals surface area contributed by atoms with E-state index < -0.39 is 0 Å². The molecule has 9 aromatic rings. The molecule has 3 heterocycles. The maximum Gasteiger partial charge on any atom is 0.181 e. The Morgan fingerprint density at radius 3 is 1.91 bits per heavy atom. The van der Waals surface area contributed by atoms with Crippen LogP contribution in [0.3, 0.4) is 0 Å². The summed E-state index contributed by atoms with van der Waals surface area (Å²) in [4.78, 5) is 15.1. The van der Waals surface area contributed by atoms with Crippen LogP contribution in [0.5, 0.6) is 23.0 Å². The number of para-hydroxylation sites is 3. The molecule has 6 nitrogen and oxygen atoms in total. The van der Waals surface area contributed by atoms with Gasteiger partial charge in [-0.05, 0) is 46.5 Å². The Hall–Kier alpha value is -7.05. The van der Waals surface area contributed by atoms with Crippen molar-refractivity contribution in [3.8, 4) is 79.4 Å². The van der Waals surface area contributed by atoms with Crippen LogP contribution >= 0.6 is 0 Å². The van der Waals surface area contributed by atoms with Gasteiger partial charge < -0.3 is 13.9 Å². The fraction of sp³-hybridized carbons (Fsp3) is 0.0625. The van der Waals surface area contributed by atoms with Crippen molar-refractivity contribution in [1.29, 1.82) is 0 Å². The van der Waals surface area contributed by atoms with E-state index in [9.17, 15) is 0 Å². The lowest BCUT2D eigenvalue weighted by Gasteiger charge is -2.26. The Labute approximate surface area is 311 Å². The smallest absolute Gasteiger partial charge is 0.181 e. The summed E-state index contributed by atoms with van der Waals surface area (Å²) in [7, 11) is 0. The van der Waals surface area contributed by atoms with Crippen molar-refractivity contribution in [3.05, 3.63) is 163 Å². The van der Waals surface area contributed by atoms with Crippen molar-refractivity contribution < 1.29 is 13.9 Å². The summed E-state index contributed by atoms with van der Waals surface area (Å²) in [5.74, 6) is 4.19. The highest BCUT2D eigenvalue weighted by Gasteiger charge is 2.40. The van der Waals surface area contributed by atoms with Gasteiger partial charge in [-0.25, -0.2) is 15.0 Å². The molecule has 2 aliphatic rings. The molecule has 0 spiro atoms. The Morgan fingerprint density at radius 1 is 0.426 bits per heavy atom. The van der Waals surface area contributed by atoms with Crippen LogP contribution in [0.25, 0.3) is 78.4 Å². The second-order valence-corrected chi connectivity index (χ2v) is 14.4. The standard InChI is InChI=1S/C48H31N3O3/c1-48(2)36-19-8-6-15-34(36)41-37(48)26-27-40-44(41)54-43-35(18-11-21-39(43)52-40)47-50-45(29-12-4-3-5-13-29)49-46(51-47)30-24-22-28(23-25-30)31-16-10-17-33-32-14-7-9-20-38(32)53-42(31)33/h3-27H,1-2H3. The first kappa shape index (κ1) is 30.6. The Kier molecular flexibility index (Phi) is 6.49. The monoisotopic (exact) mass is 697 g/mol. The zero-order chi connectivity index (χ0) is 36.0. The van der Waals surface area contributed by atoms with Crippen molar-refractivity contribution >= 4 is 21.9 Å². The number of rotatable bonds is 4. The first-order valence-electron chi connectivity index (χ1n) is 18.1. The van der Waals surface area contributed by atoms with Gasteiger partial charge in [0.25, 0.3) is 0 Å². The third-order valence-corrected chi connectivity index (χ3v) is 10.8. The highest BCUT2D eigenvalue weighted by molar-refractivity contribution is 6.09. The lowest BCUT2D eigenvalue weighted by Crippen LogP contribution is -2.15. The van der Waals surface area contributed by atoms with Crippen molar-refractivity contribution in [1.82, 2.24) is 15.0 Å². The average Bonchev–Trinajstić information content (AvgIpc) is 3.72. The molecule has 0 radical (unpaired) electrons. The van der Waals surface area contributed by atoms with E-state index in [-0.39, 0.29) is 5.41 Å². The molecule has 0 atom stereocenters. The number of hydrogen-bond donors (Lipinski definition) is 0. The third kappa shape index (κ3) is 4.56. The van der Waals surface area contributed by atoms with Crippen LogP contribution in [0, 0.1) is 0 Å². The second kappa shape index (κ2) is 11.5. The van der Waals surface area contributed by atoms with Crippen LogP contribution in [0.1, 0.15) is 25.0 Å². The molecule has 0 bridgehead atoms.